The Morgan fingerprint density at radius 2 is 1.31 bits per heavy atom. The molecule has 1 aromatic heterocycles. The molecular formula is C29H23FN2. The van der Waals surface area contributed by atoms with Crippen molar-refractivity contribution in [3.8, 4) is 17.1 Å². The summed E-state index contributed by atoms with van der Waals surface area (Å²) >= 11 is 0. The van der Waals surface area contributed by atoms with Gasteiger partial charge in [-0.25, -0.2) is 9.37 Å². The number of benzene rings is 4. The lowest BCUT2D eigenvalue weighted by Crippen LogP contribution is -2.06. The van der Waals surface area contributed by atoms with E-state index in [1.807, 2.05) is 24.3 Å². The molecule has 0 saturated heterocycles. The van der Waals surface area contributed by atoms with Crippen molar-refractivity contribution in [2.45, 2.75) is 25.7 Å². The van der Waals surface area contributed by atoms with Crippen LogP contribution in [0.25, 0.3) is 28.1 Å². The third-order valence-electron chi connectivity index (χ3n) is 6.46. The average molecular weight is 419 g/mol. The SMILES string of the molecule is Fc1ccc(-c2nc3ccccc3n2-c2cc3ccc2CCc2ccc(cc2)CC3)cc1. The van der Waals surface area contributed by atoms with E-state index in [0.29, 0.717) is 0 Å². The van der Waals surface area contributed by atoms with Crippen molar-refractivity contribution < 1.29 is 4.39 Å². The van der Waals surface area contributed by atoms with E-state index in [0.717, 1.165) is 48.1 Å². The lowest BCUT2D eigenvalue weighted by molar-refractivity contribution is 0.628. The van der Waals surface area contributed by atoms with Crippen LogP contribution in [0, 0.1) is 5.82 Å². The van der Waals surface area contributed by atoms with Crippen molar-refractivity contribution in [2.75, 3.05) is 0 Å². The Hall–Kier alpha value is -3.72. The molecule has 32 heavy (non-hydrogen) atoms. The molecule has 4 aliphatic carbocycles. The Morgan fingerprint density at radius 1 is 0.656 bits per heavy atom. The van der Waals surface area contributed by atoms with Gasteiger partial charge in [-0.05, 0) is 90.4 Å². The van der Waals surface area contributed by atoms with Gasteiger partial charge >= 0.3 is 0 Å². The fourth-order valence-corrected chi connectivity index (χ4v) is 4.69. The van der Waals surface area contributed by atoms with Gasteiger partial charge in [0.05, 0.1) is 16.7 Å². The number of fused-ring (bicyclic) bond motifs is 1. The van der Waals surface area contributed by atoms with E-state index in [2.05, 4.69) is 59.2 Å². The highest BCUT2D eigenvalue weighted by atomic mass is 19.1. The highest BCUT2D eigenvalue weighted by molar-refractivity contribution is 5.83. The second kappa shape index (κ2) is 7.76. The van der Waals surface area contributed by atoms with Gasteiger partial charge in [0.25, 0.3) is 0 Å². The molecule has 5 aromatic rings. The van der Waals surface area contributed by atoms with Gasteiger partial charge in [0.1, 0.15) is 11.6 Å². The first-order valence-corrected chi connectivity index (χ1v) is 11.2. The number of rotatable bonds is 2. The maximum absolute atomic E-state index is 13.6. The van der Waals surface area contributed by atoms with Crippen molar-refractivity contribution in [1.82, 2.24) is 9.55 Å². The number of hydrogen-bond donors (Lipinski definition) is 0. The van der Waals surface area contributed by atoms with Gasteiger partial charge in [0.15, 0.2) is 0 Å². The maximum atomic E-state index is 13.6. The Balaban J connectivity index is 1.57. The topological polar surface area (TPSA) is 17.8 Å². The number of hydrogen-bond acceptors (Lipinski definition) is 1. The summed E-state index contributed by atoms with van der Waals surface area (Å²) in [6.45, 7) is 0. The van der Waals surface area contributed by atoms with E-state index in [4.69, 9.17) is 4.98 Å². The van der Waals surface area contributed by atoms with Crippen LogP contribution < -0.4 is 0 Å². The summed E-state index contributed by atoms with van der Waals surface area (Å²) in [4.78, 5) is 4.96. The molecule has 4 aliphatic rings. The zero-order chi connectivity index (χ0) is 21.5. The van der Waals surface area contributed by atoms with E-state index in [-0.39, 0.29) is 5.82 Å². The Kier molecular flexibility index (Phi) is 4.61. The lowest BCUT2D eigenvalue weighted by Gasteiger charge is -2.18. The predicted octanol–water partition coefficient (Wildman–Crippen LogP) is 6.72. The fourth-order valence-electron chi connectivity index (χ4n) is 4.69. The smallest absolute Gasteiger partial charge is 0.145 e. The molecule has 1 heterocycles. The van der Waals surface area contributed by atoms with Crippen molar-refractivity contribution >= 4 is 11.0 Å². The number of halogens is 1. The molecule has 0 N–H and O–H groups in total. The van der Waals surface area contributed by atoms with Crippen LogP contribution in [0.2, 0.25) is 0 Å². The Labute approximate surface area is 187 Å². The van der Waals surface area contributed by atoms with Gasteiger partial charge < -0.3 is 0 Å². The molecule has 0 amide bonds. The van der Waals surface area contributed by atoms with Crippen molar-refractivity contribution in [3.05, 3.63) is 119 Å². The Morgan fingerprint density at radius 3 is 2.09 bits per heavy atom. The molecule has 0 fully saturated rings. The fraction of sp³-hybridized carbons (Fsp3) is 0.138. The maximum Gasteiger partial charge on any atom is 0.145 e. The normalized spacial score (nSPS) is 13.3. The van der Waals surface area contributed by atoms with Crippen LogP contribution in [0.3, 0.4) is 0 Å². The second-order valence-electron chi connectivity index (χ2n) is 8.55. The van der Waals surface area contributed by atoms with Crippen LogP contribution in [-0.2, 0) is 25.7 Å². The molecule has 156 valence electrons. The lowest BCUT2D eigenvalue weighted by atomic mass is 9.95. The molecule has 9 rings (SSSR count). The molecule has 0 atom stereocenters. The van der Waals surface area contributed by atoms with E-state index in [9.17, 15) is 4.39 Å². The van der Waals surface area contributed by atoms with Crippen LogP contribution in [0.4, 0.5) is 4.39 Å². The zero-order valence-corrected chi connectivity index (χ0v) is 17.8. The van der Waals surface area contributed by atoms with Crippen LogP contribution in [0.1, 0.15) is 22.3 Å². The first kappa shape index (κ1) is 19.0. The van der Waals surface area contributed by atoms with Gasteiger partial charge in [-0.15, -0.1) is 0 Å². The van der Waals surface area contributed by atoms with Crippen molar-refractivity contribution in [2.24, 2.45) is 0 Å². The molecule has 4 aromatic carbocycles. The molecule has 0 aliphatic heterocycles. The zero-order valence-electron chi connectivity index (χ0n) is 17.8. The largest absolute Gasteiger partial charge is 0.292 e. The van der Waals surface area contributed by atoms with E-state index >= 15 is 0 Å². The number of para-hydroxylation sites is 2. The molecule has 0 spiro atoms. The average Bonchev–Trinajstić information content (AvgIpc) is 3.21. The van der Waals surface area contributed by atoms with Gasteiger partial charge in [-0.1, -0.05) is 48.5 Å². The monoisotopic (exact) mass is 418 g/mol. The summed E-state index contributed by atoms with van der Waals surface area (Å²) in [6, 6.07) is 30.8. The Bertz CT molecular complexity index is 1410. The van der Waals surface area contributed by atoms with E-state index in [1.54, 1.807) is 0 Å². The highest BCUT2D eigenvalue weighted by Gasteiger charge is 2.18. The number of aryl methyl sites for hydroxylation is 4. The summed E-state index contributed by atoms with van der Waals surface area (Å²) < 4.78 is 15.9. The first-order valence-electron chi connectivity index (χ1n) is 11.2. The first-order chi connectivity index (χ1) is 15.7. The van der Waals surface area contributed by atoms with Gasteiger partial charge in [0.2, 0.25) is 0 Å². The minimum absolute atomic E-state index is 0.237. The molecule has 0 radical (unpaired) electrons. The van der Waals surface area contributed by atoms with Crippen LogP contribution in [0.5, 0.6) is 0 Å². The molecule has 0 unspecified atom stereocenters. The summed E-state index contributed by atoms with van der Waals surface area (Å²) in [6.07, 6.45) is 3.95. The molecule has 2 nitrogen and oxygen atoms in total. The quantitative estimate of drug-likeness (QED) is 0.311. The summed E-state index contributed by atoms with van der Waals surface area (Å²) in [5.74, 6) is 0.610. The summed E-state index contributed by atoms with van der Waals surface area (Å²) in [7, 11) is 0. The standard InChI is InChI=1S/C29H23FN2/c30-25-17-15-24(16-18-25)29-31-26-3-1-2-4-27(26)32(29)28-19-22-10-9-20-5-7-21(8-6-20)11-13-23(28)14-12-22/h1-8,12,14-19H,9-11,13H2. The minimum atomic E-state index is -0.237. The number of aromatic nitrogens is 2. The number of nitrogens with zero attached hydrogens (tertiary/aromatic N) is 2. The predicted molar refractivity (Wildman–Crippen MR) is 128 cm³/mol. The van der Waals surface area contributed by atoms with Gasteiger partial charge in [-0.2, -0.15) is 0 Å². The van der Waals surface area contributed by atoms with Crippen LogP contribution in [0.15, 0.2) is 91.0 Å². The van der Waals surface area contributed by atoms with Gasteiger partial charge in [0, 0.05) is 5.56 Å². The third-order valence-corrected chi connectivity index (χ3v) is 6.46. The van der Waals surface area contributed by atoms with Crippen molar-refractivity contribution in [3.63, 3.8) is 0 Å². The molecule has 3 heteroatoms. The third kappa shape index (κ3) is 3.40. The van der Waals surface area contributed by atoms with E-state index in [1.165, 1.54) is 40.1 Å². The minimum Gasteiger partial charge on any atom is -0.292 e. The molecular weight excluding hydrogens is 395 g/mol. The molecule has 4 bridgehead atoms. The second-order valence-corrected chi connectivity index (χ2v) is 8.55. The highest BCUT2D eigenvalue weighted by Crippen LogP contribution is 2.32. The van der Waals surface area contributed by atoms with Gasteiger partial charge in [-0.3, -0.25) is 4.57 Å². The van der Waals surface area contributed by atoms with Crippen molar-refractivity contribution in [1.29, 1.82) is 0 Å². The summed E-state index contributed by atoms with van der Waals surface area (Å²) in [5.41, 5.74) is 9.44. The number of imidazole rings is 1. The van der Waals surface area contributed by atoms with E-state index < -0.39 is 0 Å². The van der Waals surface area contributed by atoms with Crippen LogP contribution >= 0.6 is 0 Å². The summed E-state index contributed by atoms with van der Waals surface area (Å²) in [5, 5.41) is 0. The molecule has 0 saturated carbocycles. The van der Waals surface area contributed by atoms with Crippen LogP contribution in [-0.4, -0.2) is 9.55 Å².